The number of aromatic nitrogens is 1. The third-order valence-electron chi connectivity index (χ3n) is 4.44. The van der Waals surface area contributed by atoms with E-state index < -0.39 is 0 Å². The number of aryl methyl sites for hydroxylation is 2. The van der Waals surface area contributed by atoms with Crippen LogP contribution in [0.15, 0.2) is 54.7 Å². The van der Waals surface area contributed by atoms with Crippen LogP contribution in [0.25, 0.3) is 22.3 Å². The van der Waals surface area contributed by atoms with Crippen LogP contribution in [0, 0.1) is 0 Å². The minimum absolute atomic E-state index is 0.532. The summed E-state index contributed by atoms with van der Waals surface area (Å²) >= 11 is 0. The van der Waals surface area contributed by atoms with Gasteiger partial charge in [0.15, 0.2) is 0 Å². The van der Waals surface area contributed by atoms with Crippen LogP contribution in [0.3, 0.4) is 0 Å². The van der Waals surface area contributed by atoms with E-state index in [-0.39, 0.29) is 0 Å². The van der Waals surface area contributed by atoms with Gasteiger partial charge in [-0.3, -0.25) is 0 Å². The molecule has 0 saturated heterocycles. The lowest BCUT2D eigenvalue weighted by Crippen LogP contribution is -1.96. The Hall–Kier alpha value is -2.81. The predicted octanol–water partition coefficient (Wildman–Crippen LogP) is 4.70. The number of nitrogen functional groups attached to an aromatic ring is 2. The van der Waals surface area contributed by atoms with Gasteiger partial charge >= 0.3 is 0 Å². The summed E-state index contributed by atoms with van der Waals surface area (Å²) in [6.45, 7) is 4.39. The highest BCUT2D eigenvalue weighted by Gasteiger charge is 2.09. The van der Waals surface area contributed by atoms with Crippen molar-refractivity contribution < 1.29 is 0 Å². The molecule has 0 bridgehead atoms. The van der Waals surface area contributed by atoms with Gasteiger partial charge in [0.25, 0.3) is 0 Å². The minimum atomic E-state index is 0.532. The van der Waals surface area contributed by atoms with E-state index in [1.807, 2.05) is 30.5 Å². The van der Waals surface area contributed by atoms with Gasteiger partial charge in [0.2, 0.25) is 0 Å². The lowest BCUT2D eigenvalue weighted by atomic mass is 9.95. The number of nitrogens with zero attached hydrogens (tertiary/aromatic N) is 1. The number of anilines is 2. The van der Waals surface area contributed by atoms with E-state index in [0.29, 0.717) is 5.82 Å². The summed E-state index contributed by atoms with van der Waals surface area (Å²) in [5.74, 6) is 0.532. The molecule has 24 heavy (non-hydrogen) atoms. The van der Waals surface area contributed by atoms with Gasteiger partial charge in [0.1, 0.15) is 5.82 Å². The van der Waals surface area contributed by atoms with Gasteiger partial charge in [-0.05, 0) is 53.3 Å². The van der Waals surface area contributed by atoms with Crippen molar-refractivity contribution in [1.82, 2.24) is 4.98 Å². The number of nitrogens with two attached hydrogens (primary N) is 2. The maximum absolute atomic E-state index is 6.10. The second-order valence-electron chi connectivity index (χ2n) is 5.97. The Labute approximate surface area is 143 Å². The Kier molecular flexibility index (Phi) is 4.52. The van der Waals surface area contributed by atoms with Gasteiger partial charge in [0.05, 0.1) is 0 Å². The molecule has 0 aliphatic carbocycles. The first-order chi connectivity index (χ1) is 11.6. The van der Waals surface area contributed by atoms with Crippen molar-refractivity contribution in [2.75, 3.05) is 11.5 Å². The van der Waals surface area contributed by atoms with Crippen LogP contribution >= 0.6 is 0 Å². The smallest absolute Gasteiger partial charge is 0.131 e. The number of pyridine rings is 1. The SMILES string of the molecule is CCc1ccc(-c2cnc(N)c(-c3ccc(N)cc3)c2)cc1CC. The molecule has 0 fully saturated rings. The Morgan fingerprint density at radius 2 is 1.42 bits per heavy atom. The first-order valence-electron chi connectivity index (χ1n) is 8.36. The van der Waals surface area contributed by atoms with Crippen molar-refractivity contribution in [2.24, 2.45) is 0 Å². The predicted molar refractivity (Wildman–Crippen MR) is 103 cm³/mol. The molecule has 3 rings (SSSR count). The van der Waals surface area contributed by atoms with Crippen molar-refractivity contribution in [3.05, 3.63) is 65.9 Å². The molecule has 0 saturated carbocycles. The van der Waals surface area contributed by atoms with E-state index >= 15 is 0 Å². The molecule has 0 unspecified atom stereocenters. The number of hydrogen-bond donors (Lipinski definition) is 2. The first-order valence-corrected chi connectivity index (χ1v) is 8.36. The second-order valence-corrected chi connectivity index (χ2v) is 5.97. The summed E-state index contributed by atoms with van der Waals surface area (Å²) in [6.07, 6.45) is 3.93. The highest BCUT2D eigenvalue weighted by atomic mass is 14.8. The highest BCUT2D eigenvalue weighted by molar-refractivity contribution is 5.80. The molecular weight excluding hydrogens is 294 g/mol. The molecule has 3 nitrogen and oxygen atoms in total. The lowest BCUT2D eigenvalue weighted by Gasteiger charge is -2.12. The summed E-state index contributed by atoms with van der Waals surface area (Å²) < 4.78 is 0. The second kappa shape index (κ2) is 6.75. The Morgan fingerprint density at radius 1 is 0.750 bits per heavy atom. The van der Waals surface area contributed by atoms with Crippen LogP contribution in [-0.2, 0) is 12.8 Å². The quantitative estimate of drug-likeness (QED) is 0.685. The maximum Gasteiger partial charge on any atom is 0.131 e. The summed E-state index contributed by atoms with van der Waals surface area (Å²) in [4.78, 5) is 4.40. The molecule has 0 amide bonds. The molecule has 0 aliphatic heterocycles. The van der Waals surface area contributed by atoms with Gasteiger partial charge in [-0.15, -0.1) is 0 Å². The van der Waals surface area contributed by atoms with E-state index in [1.165, 1.54) is 16.7 Å². The van der Waals surface area contributed by atoms with Crippen LogP contribution in [0.5, 0.6) is 0 Å². The molecule has 0 spiro atoms. The maximum atomic E-state index is 6.10. The molecular formula is C21H23N3. The molecule has 1 heterocycles. The third kappa shape index (κ3) is 3.11. The highest BCUT2D eigenvalue weighted by Crippen LogP contribution is 2.31. The standard InChI is InChI=1S/C21H23N3/c1-3-14-5-6-17(11-15(14)4-2)18-12-20(21(23)24-13-18)16-7-9-19(22)10-8-16/h5-13H,3-4,22H2,1-2H3,(H2,23,24). The zero-order valence-electron chi connectivity index (χ0n) is 14.2. The number of rotatable bonds is 4. The van der Waals surface area contributed by atoms with E-state index in [4.69, 9.17) is 11.5 Å². The molecule has 0 radical (unpaired) electrons. The fourth-order valence-corrected chi connectivity index (χ4v) is 3.01. The van der Waals surface area contributed by atoms with Gasteiger partial charge < -0.3 is 11.5 Å². The zero-order valence-corrected chi connectivity index (χ0v) is 14.2. The van der Waals surface area contributed by atoms with Gasteiger partial charge in [-0.25, -0.2) is 4.98 Å². The molecule has 3 heteroatoms. The topological polar surface area (TPSA) is 64.9 Å². The monoisotopic (exact) mass is 317 g/mol. The van der Waals surface area contributed by atoms with Crippen LogP contribution in [0.2, 0.25) is 0 Å². The van der Waals surface area contributed by atoms with E-state index in [9.17, 15) is 0 Å². The Balaban J connectivity index is 2.07. The summed E-state index contributed by atoms with van der Waals surface area (Å²) in [5, 5.41) is 0. The summed E-state index contributed by atoms with van der Waals surface area (Å²) in [5.41, 5.74) is 19.6. The first kappa shape index (κ1) is 16.1. The van der Waals surface area contributed by atoms with Crippen LogP contribution in [-0.4, -0.2) is 4.98 Å². The molecule has 2 aromatic carbocycles. The Morgan fingerprint density at radius 3 is 2.08 bits per heavy atom. The molecule has 4 N–H and O–H groups in total. The van der Waals surface area contributed by atoms with E-state index in [0.717, 1.165) is 35.2 Å². The molecule has 0 aliphatic rings. The number of hydrogen-bond acceptors (Lipinski definition) is 3. The van der Waals surface area contributed by atoms with Crippen LogP contribution in [0.1, 0.15) is 25.0 Å². The average molecular weight is 317 g/mol. The summed E-state index contributed by atoms with van der Waals surface area (Å²) in [7, 11) is 0. The van der Waals surface area contributed by atoms with E-state index in [2.05, 4.69) is 43.1 Å². The largest absolute Gasteiger partial charge is 0.399 e. The molecule has 1 aromatic heterocycles. The molecule has 0 atom stereocenters. The molecule has 3 aromatic rings. The van der Waals surface area contributed by atoms with Gasteiger partial charge in [-0.2, -0.15) is 0 Å². The van der Waals surface area contributed by atoms with Crippen molar-refractivity contribution in [1.29, 1.82) is 0 Å². The third-order valence-corrected chi connectivity index (χ3v) is 4.44. The zero-order chi connectivity index (χ0) is 17.1. The van der Waals surface area contributed by atoms with Crippen molar-refractivity contribution in [3.63, 3.8) is 0 Å². The fraction of sp³-hybridized carbons (Fsp3) is 0.190. The Bertz CT molecular complexity index is 851. The minimum Gasteiger partial charge on any atom is -0.399 e. The van der Waals surface area contributed by atoms with Crippen molar-refractivity contribution in [2.45, 2.75) is 26.7 Å². The van der Waals surface area contributed by atoms with Crippen LogP contribution < -0.4 is 11.5 Å². The van der Waals surface area contributed by atoms with Gasteiger partial charge in [0, 0.05) is 23.0 Å². The summed E-state index contributed by atoms with van der Waals surface area (Å²) in [6, 6.07) is 16.5. The lowest BCUT2D eigenvalue weighted by molar-refractivity contribution is 1.04. The van der Waals surface area contributed by atoms with Crippen molar-refractivity contribution in [3.8, 4) is 22.3 Å². The molecule has 122 valence electrons. The number of benzene rings is 2. The van der Waals surface area contributed by atoms with Gasteiger partial charge in [-0.1, -0.05) is 44.2 Å². The average Bonchev–Trinajstić information content (AvgIpc) is 2.62. The van der Waals surface area contributed by atoms with E-state index in [1.54, 1.807) is 0 Å². The fourth-order valence-electron chi connectivity index (χ4n) is 3.01. The van der Waals surface area contributed by atoms with Crippen molar-refractivity contribution >= 4 is 11.5 Å². The normalized spacial score (nSPS) is 10.8. The van der Waals surface area contributed by atoms with Crippen LogP contribution in [0.4, 0.5) is 11.5 Å².